The van der Waals surface area contributed by atoms with Crippen LogP contribution < -0.4 is 0 Å². The van der Waals surface area contributed by atoms with Crippen molar-refractivity contribution in [1.29, 1.82) is 0 Å². The normalized spacial score (nSPS) is 24.3. The highest BCUT2D eigenvalue weighted by atomic mass is 32.2. The molecule has 1 heterocycles. The minimum absolute atomic E-state index is 0.201. The smallest absolute Gasteiger partial charge is 0.195 e. The van der Waals surface area contributed by atoms with Crippen molar-refractivity contribution in [2.75, 3.05) is 40.0 Å². The van der Waals surface area contributed by atoms with E-state index in [1.54, 1.807) is 20.9 Å². The fourth-order valence-corrected chi connectivity index (χ4v) is 3.30. The Bertz CT molecular complexity index is 385. The number of hydrogen-bond donors (Lipinski definition) is 0. The largest absolute Gasteiger partial charge is 0.349 e. The SMILES string of the molecule is CN=C(N(C)C)N1CCS(=O)(=O)C(C)(C)C1. The summed E-state index contributed by atoms with van der Waals surface area (Å²) in [4.78, 5) is 8.14. The Kier molecular flexibility index (Phi) is 3.52. The maximum atomic E-state index is 11.8. The number of rotatable bonds is 0. The fourth-order valence-electron chi connectivity index (χ4n) is 1.94. The zero-order chi connectivity index (χ0) is 12.6. The second-order valence-electron chi connectivity index (χ2n) is 4.92. The molecule has 16 heavy (non-hydrogen) atoms. The van der Waals surface area contributed by atoms with Gasteiger partial charge in [-0.1, -0.05) is 0 Å². The molecular weight excluding hydrogens is 226 g/mol. The average molecular weight is 247 g/mol. The third kappa shape index (κ3) is 2.31. The molecule has 0 N–H and O–H groups in total. The van der Waals surface area contributed by atoms with Gasteiger partial charge < -0.3 is 9.80 Å². The number of guanidine groups is 1. The average Bonchev–Trinajstić information content (AvgIpc) is 2.12. The molecule has 1 saturated heterocycles. The van der Waals surface area contributed by atoms with Crippen LogP contribution in [0.2, 0.25) is 0 Å². The van der Waals surface area contributed by atoms with Crippen molar-refractivity contribution in [2.45, 2.75) is 18.6 Å². The lowest BCUT2D eigenvalue weighted by molar-refractivity contribution is 0.329. The molecule has 0 unspecified atom stereocenters. The molecule has 0 aromatic rings. The molecule has 1 rings (SSSR count). The Morgan fingerprint density at radius 3 is 2.31 bits per heavy atom. The molecule has 6 heteroatoms. The lowest BCUT2D eigenvalue weighted by Crippen LogP contribution is -2.57. The fraction of sp³-hybridized carbons (Fsp3) is 0.900. The van der Waals surface area contributed by atoms with E-state index in [1.807, 2.05) is 23.9 Å². The van der Waals surface area contributed by atoms with Crippen LogP contribution in [-0.2, 0) is 9.84 Å². The Morgan fingerprint density at radius 1 is 1.38 bits per heavy atom. The third-order valence-corrected chi connectivity index (χ3v) is 5.46. The van der Waals surface area contributed by atoms with E-state index < -0.39 is 14.6 Å². The first-order valence-electron chi connectivity index (χ1n) is 5.32. The first-order valence-corrected chi connectivity index (χ1v) is 6.98. The van der Waals surface area contributed by atoms with Gasteiger partial charge in [-0.05, 0) is 13.8 Å². The second kappa shape index (κ2) is 4.24. The van der Waals surface area contributed by atoms with Crippen LogP contribution in [0.3, 0.4) is 0 Å². The van der Waals surface area contributed by atoms with E-state index in [4.69, 9.17) is 0 Å². The Balaban J connectivity index is 2.92. The molecule has 94 valence electrons. The lowest BCUT2D eigenvalue weighted by atomic mass is 10.2. The van der Waals surface area contributed by atoms with Crippen molar-refractivity contribution in [3.63, 3.8) is 0 Å². The number of nitrogens with zero attached hydrogens (tertiary/aromatic N) is 3. The van der Waals surface area contributed by atoms with Crippen LogP contribution in [-0.4, -0.2) is 68.9 Å². The van der Waals surface area contributed by atoms with Gasteiger partial charge in [0.1, 0.15) is 0 Å². The minimum Gasteiger partial charge on any atom is -0.349 e. The Labute approximate surface area is 98.1 Å². The molecule has 1 aliphatic rings. The van der Waals surface area contributed by atoms with E-state index >= 15 is 0 Å². The summed E-state index contributed by atoms with van der Waals surface area (Å²) in [5.74, 6) is 1.04. The van der Waals surface area contributed by atoms with Crippen LogP contribution in [0.15, 0.2) is 4.99 Å². The second-order valence-corrected chi connectivity index (χ2v) is 7.66. The maximum Gasteiger partial charge on any atom is 0.195 e. The Hall–Kier alpha value is -0.780. The molecule has 0 saturated carbocycles. The van der Waals surface area contributed by atoms with Gasteiger partial charge >= 0.3 is 0 Å². The van der Waals surface area contributed by atoms with Crippen molar-refractivity contribution >= 4 is 15.8 Å². The number of hydrogen-bond acceptors (Lipinski definition) is 3. The molecule has 0 aromatic heterocycles. The summed E-state index contributed by atoms with van der Waals surface area (Å²) < 4.78 is 23.0. The molecule has 5 nitrogen and oxygen atoms in total. The monoisotopic (exact) mass is 247 g/mol. The van der Waals surface area contributed by atoms with Gasteiger partial charge in [-0.15, -0.1) is 0 Å². The van der Waals surface area contributed by atoms with Gasteiger partial charge in [0.25, 0.3) is 0 Å². The molecule has 0 spiro atoms. The van der Waals surface area contributed by atoms with Gasteiger partial charge in [0, 0.05) is 34.2 Å². The zero-order valence-corrected chi connectivity index (χ0v) is 11.5. The van der Waals surface area contributed by atoms with Crippen LogP contribution in [0.5, 0.6) is 0 Å². The predicted octanol–water partition coefficient (Wildman–Crippen LogP) is 0.0428. The molecule has 0 aliphatic carbocycles. The van der Waals surface area contributed by atoms with Gasteiger partial charge in [-0.3, -0.25) is 4.99 Å². The Morgan fingerprint density at radius 2 is 1.94 bits per heavy atom. The van der Waals surface area contributed by atoms with E-state index in [1.165, 1.54) is 0 Å². The molecule has 0 atom stereocenters. The van der Waals surface area contributed by atoms with E-state index in [0.29, 0.717) is 13.1 Å². The highest BCUT2D eigenvalue weighted by Crippen LogP contribution is 2.24. The highest BCUT2D eigenvalue weighted by molar-refractivity contribution is 7.92. The summed E-state index contributed by atoms with van der Waals surface area (Å²) in [5, 5.41) is 0. The number of sulfone groups is 1. The highest BCUT2D eigenvalue weighted by Gasteiger charge is 2.41. The van der Waals surface area contributed by atoms with Crippen LogP contribution in [0.25, 0.3) is 0 Å². The topological polar surface area (TPSA) is 53.0 Å². The van der Waals surface area contributed by atoms with Gasteiger partial charge in [-0.25, -0.2) is 8.42 Å². The van der Waals surface area contributed by atoms with E-state index in [0.717, 1.165) is 5.96 Å². The van der Waals surface area contributed by atoms with Crippen LogP contribution in [0, 0.1) is 0 Å². The van der Waals surface area contributed by atoms with Gasteiger partial charge in [0.2, 0.25) is 0 Å². The van der Waals surface area contributed by atoms with E-state index in [2.05, 4.69) is 4.99 Å². The van der Waals surface area contributed by atoms with Crippen molar-refractivity contribution in [3.8, 4) is 0 Å². The minimum atomic E-state index is -2.98. The molecule has 0 bridgehead atoms. The molecular formula is C10H21N3O2S. The van der Waals surface area contributed by atoms with Gasteiger partial charge in [0.15, 0.2) is 15.8 Å². The summed E-state index contributed by atoms with van der Waals surface area (Å²) in [5.41, 5.74) is 0. The molecule has 0 radical (unpaired) electrons. The van der Waals surface area contributed by atoms with E-state index in [9.17, 15) is 8.42 Å². The lowest BCUT2D eigenvalue weighted by Gasteiger charge is -2.40. The summed E-state index contributed by atoms with van der Waals surface area (Å²) in [6.45, 7) is 4.58. The van der Waals surface area contributed by atoms with E-state index in [-0.39, 0.29) is 5.75 Å². The summed E-state index contributed by atoms with van der Waals surface area (Å²) in [6.07, 6.45) is 0. The van der Waals surface area contributed by atoms with Crippen LogP contribution >= 0.6 is 0 Å². The quantitative estimate of drug-likeness (QED) is 0.448. The van der Waals surface area contributed by atoms with Crippen LogP contribution in [0.4, 0.5) is 0 Å². The predicted molar refractivity (Wildman–Crippen MR) is 66.5 cm³/mol. The molecule has 0 aromatic carbocycles. The molecule has 0 amide bonds. The maximum absolute atomic E-state index is 11.8. The van der Waals surface area contributed by atoms with Crippen molar-refractivity contribution in [3.05, 3.63) is 0 Å². The van der Waals surface area contributed by atoms with Gasteiger partial charge in [-0.2, -0.15) is 0 Å². The summed E-state index contributed by atoms with van der Waals surface area (Å²) >= 11 is 0. The molecule has 1 fully saturated rings. The van der Waals surface area contributed by atoms with Crippen molar-refractivity contribution in [1.82, 2.24) is 9.80 Å². The standard InChI is InChI=1S/C10H21N3O2S/c1-10(2)8-13(6-7-16(10,14)15)9(11-3)12(4)5/h6-8H2,1-5H3. The first-order chi connectivity index (χ1) is 7.21. The summed E-state index contributed by atoms with van der Waals surface area (Å²) in [7, 11) is 2.58. The van der Waals surface area contributed by atoms with Crippen LogP contribution in [0.1, 0.15) is 13.8 Å². The number of aliphatic imine (C=N–C) groups is 1. The zero-order valence-electron chi connectivity index (χ0n) is 10.7. The third-order valence-electron chi connectivity index (χ3n) is 2.93. The van der Waals surface area contributed by atoms with Gasteiger partial charge in [0.05, 0.1) is 10.5 Å². The van der Waals surface area contributed by atoms with Crippen molar-refractivity contribution in [2.24, 2.45) is 4.99 Å². The molecule has 1 aliphatic heterocycles. The van der Waals surface area contributed by atoms with Crippen molar-refractivity contribution < 1.29 is 8.42 Å². The first kappa shape index (κ1) is 13.3. The summed E-state index contributed by atoms with van der Waals surface area (Å²) in [6, 6.07) is 0.